The molecule has 3 aromatic rings. The fraction of sp³-hybridized carbons (Fsp3) is 0.100. The van der Waals surface area contributed by atoms with Gasteiger partial charge >= 0.3 is 0 Å². The average molecular weight is 263 g/mol. The molecule has 0 radical (unpaired) electrons. The molecule has 8 heteroatoms. The fourth-order valence-electron chi connectivity index (χ4n) is 1.72. The molecule has 0 aliphatic heterocycles. The number of aromatic nitrogens is 4. The summed E-state index contributed by atoms with van der Waals surface area (Å²) in [6.45, 7) is -0.168. The van der Waals surface area contributed by atoms with Gasteiger partial charge in [0.05, 0.1) is 12.3 Å². The Hall–Kier alpha value is -2.19. The van der Waals surface area contributed by atoms with E-state index in [1.165, 1.54) is 22.1 Å². The Labute approximate surface area is 105 Å². The third-order valence-corrected chi connectivity index (χ3v) is 3.30. The molecule has 0 bridgehead atoms. The van der Waals surface area contributed by atoms with Crippen molar-refractivity contribution < 1.29 is 9.90 Å². The van der Waals surface area contributed by atoms with E-state index in [-0.39, 0.29) is 12.3 Å². The molecule has 3 N–H and O–H groups in total. The Balaban J connectivity index is 2.17. The number of hydrogen-bond acceptors (Lipinski definition) is 5. The van der Waals surface area contributed by atoms with Crippen LogP contribution in [-0.4, -0.2) is 30.2 Å². The summed E-state index contributed by atoms with van der Waals surface area (Å²) in [7, 11) is 0. The molecule has 7 nitrogen and oxygen atoms in total. The van der Waals surface area contributed by atoms with Gasteiger partial charge in [-0.2, -0.15) is 10.1 Å². The second-order valence-electron chi connectivity index (χ2n) is 3.61. The summed E-state index contributed by atoms with van der Waals surface area (Å²) < 4.78 is 3.22. The Morgan fingerprint density at radius 1 is 1.50 bits per heavy atom. The van der Waals surface area contributed by atoms with Crippen molar-refractivity contribution in [1.82, 2.24) is 19.2 Å². The number of carbonyl (C=O) groups is 1. The van der Waals surface area contributed by atoms with Crippen LogP contribution in [0.25, 0.3) is 10.8 Å². The smallest absolute Gasteiger partial charge is 0.269 e. The van der Waals surface area contributed by atoms with Crippen molar-refractivity contribution in [3.8, 4) is 5.82 Å². The van der Waals surface area contributed by atoms with E-state index in [9.17, 15) is 9.90 Å². The van der Waals surface area contributed by atoms with Gasteiger partial charge in [-0.3, -0.25) is 9.20 Å². The molecular weight excluding hydrogens is 254 g/mol. The molecule has 3 heterocycles. The molecule has 3 rings (SSSR count). The number of carbonyl (C=O) groups excluding carboxylic acids is 1. The van der Waals surface area contributed by atoms with Crippen molar-refractivity contribution in [3.63, 3.8) is 0 Å². The van der Waals surface area contributed by atoms with Crippen LogP contribution >= 0.6 is 11.3 Å². The number of nitrogens with zero attached hydrogens (tertiary/aromatic N) is 4. The molecule has 3 aromatic heterocycles. The van der Waals surface area contributed by atoms with Crippen molar-refractivity contribution in [3.05, 3.63) is 35.2 Å². The number of amides is 1. The van der Waals surface area contributed by atoms with Gasteiger partial charge in [0.2, 0.25) is 0 Å². The van der Waals surface area contributed by atoms with E-state index in [1.807, 2.05) is 11.6 Å². The number of rotatable bonds is 3. The second-order valence-corrected chi connectivity index (χ2v) is 4.48. The van der Waals surface area contributed by atoms with Crippen LogP contribution in [0.4, 0.5) is 0 Å². The standard InChI is InChI=1S/C10H9N5O2S/c11-8(17)6-1-2-15(13-6)9-7(5-16)14-3-4-18-10(14)12-9/h1-4,16H,5H2,(H2,11,17). The summed E-state index contributed by atoms with van der Waals surface area (Å²) in [6, 6.07) is 1.51. The van der Waals surface area contributed by atoms with Crippen molar-refractivity contribution in [1.29, 1.82) is 0 Å². The molecule has 0 aliphatic rings. The molecule has 1 amide bonds. The maximum Gasteiger partial charge on any atom is 0.269 e. The van der Waals surface area contributed by atoms with Crippen LogP contribution in [0.3, 0.4) is 0 Å². The van der Waals surface area contributed by atoms with Gasteiger partial charge in [0.15, 0.2) is 10.8 Å². The third-order valence-electron chi connectivity index (χ3n) is 2.55. The first-order chi connectivity index (χ1) is 8.70. The van der Waals surface area contributed by atoms with Crippen LogP contribution in [0.15, 0.2) is 23.8 Å². The van der Waals surface area contributed by atoms with Crippen LogP contribution in [0.1, 0.15) is 16.2 Å². The van der Waals surface area contributed by atoms with Gasteiger partial charge < -0.3 is 10.8 Å². The predicted molar refractivity (Wildman–Crippen MR) is 64.6 cm³/mol. The van der Waals surface area contributed by atoms with Crippen molar-refractivity contribution in [2.75, 3.05) is 0 Å². The van der Waals surface area contributed by atoms with E-state index in [0.29, 0.717) is 11.5 Å². The molecule has 0 fully saturated rings. The van der Waals surface area contributed by atoms with Crippen LogP contribution in [0, 0.1) is 0 Å². The lowest BCUT2D eigenvalue weighted by Gasteiger charge is -1.99. The zero-order valence-corrected chi connectivity index (χ0v) is 9.96. The first kappa shape index (κ1) is 10.9. The molecule has 18 heavy (non-hydrogen) atoms. The normalized spacial score (nSPS) is 11.2. The Kier molecular flexibility index (Phi) is 2.39. The van der Waals surface area contributed by atoms with Gasteiger partial charge in [0, 0.05) is 17.8 Å². The zero-order valence-electron chi connectivity index (χ0n) is 9.15. The molecular formula is C10H9N5O2S. The van der Waals surface area contributed by atoms with E-state index < -0.39 is 5.91 Å². The molecule has 0 aromatic carbocycles. The number of nitrogens with two attached hydrogens (primary N) is 1. The molecule has 92 valence electrons. The van der Waals surface area contributed by atoms with E-state index >= 15 is 0 Å². The highest BCUT2D eigenvalue weighted by atomic mass is 32.1. The van der Waals surface area contributed by atoms with Crippen molar-refractivity contribution >= 4 is 22.2 Å². The summed E-state index contributed by atoms with van der Waals surface area (Å²) in [5.74, 6) is -0.0998. The minimum atomic E-state index is -0.597. The monoisotopic (exact) mass is 263 g/mol. The second kappa shape index (κ2) is 3.93. The Morgan fingerprint density at radius 2 is 2.33 bits per heavy atom. The topological polar surface area (TPSA) is 98.4 Å². The lowest BCUT2D eigenvalue weighted by molar-refractivity contribution is 0.0995. The summed E-state index contributed by atoms with van der Waals surface area (Å²) in [5.41, 5.74) is 5.92. The summed E-state index contributed by atoms with van der Waals surface area (Å²) in [5, 5.41) is 15.3. The van der Waals surface area contributed by atoms with Gasteiger partial charge in [0.25, 0.3) is 5.91 Å². The third kappa shape index (κ3) is 1.50. The van der Waals surface area contributed by atoms with Crippen LogP contribution in [0.2, 0.25) is 0 Å². The lowest BCUT2D eigenvalue weighted by Crippen LogP contribution is -2.12. The predicted octanol–water partition coefficient (Wildman–Crippen LogP) is 0.173. The first-order valence-corrected chi connectivity index (χ1v) is 6.00. The zero-order chi connectivity index (χ0) is 12.7. The minimum absolute atomic E-state index is 0.162. The van der Waals surface area contributed by atoms with E-state index in [1.54, 1.807) is 10.6 Å². The van der Waals surface area contributed by atoms with Gasteiger partial charge in [0.1, 0.15) is 5.69 Å². The number of aliphatic hydroxyl groups is 1. The van der Waals surface area contributed by atoms with E-state index in [2.05, 4.69) is 10.1 Å². The number of primary amides is 1. The highest BCUT2D eigenvalue weighted by molar-refractivity contribution is 7.15. The SMILES string of the molecule is NC(=O)c1ccn(-c2nc3sccn3c2CO)n1. The van der Waals surface area contributed by atoms with Gasteiger partial charge in [-0.15, -0.1) is 11.3 Å². The number of fused-ring (bicyclic) bond motifs is 1. The highest BCUT2D eigenvalue weighted by Gasteiger charge is 2.15. The number of imidazole rings is 1. The van der Waals surface area contributed by atoms with Crippen LogP contribution in [-0.2, 0) is 6.61 Å². The minimum Gasteiger partial charge on any atom is -0.390 e. The maximum absolute atomic E-state index is 11.0. The van der Waals surface area contributed by atoms with E-state index in [4.69, 9.17) is 5.73 Å². The number of hydrogen-bond donors (Lipinski definition) is 2. The highest BCUT2D eigenvalue weighted by Crippen LogP contribution is 2.20. The van der Waals surface area contributed by atoms with Crippen LogP contribution < -0.4 is 5.73 Å². The van der Waals surface area contributed by atoms with Crippen molar-refractivity contribution in [2.45, 2.75) is 6.61 Å². The molecule has 0 unspecified atom stereocenters. The number of thiazole rings is 1. The summed E-state index contributed by atoms with van der Waals surface area (Å²) in [4.78, 5) is 16.1. The lowest BCUT2D eigenvalue weighted by atomic mass is 10.4. The first-order valence-electron chi connectivity index (χ1n) is 5.12. The molecule has 0 aliphatic carbocycles. The fourth-order valence-corrected chi connectivity index (χ4v) is 2.45. The Morgan fingerprint density at radius 3 is 3.00 bits per heavy atom. The molecule has 0 spiro atoms. The quantitative estimate of drug-likeness (QED) is 0.703. The molecule has 0 atom stereocenters. The van der Waals surface area contributed by atoms with Gasteiger partial charge in [-0.05, 0) is 6.07 Å². The largest absolute Gasteiger partial charge is 0.390 e. The molecule has 0 saturated carbocycles. The summed E-state index contributed by atoms with van der Waals surface area (Å²) in [6.07, 6.45) is 3.41. The van der Waals surface area contributed by atoms with Gasteiger partial charge in [-0.1, -0.05) is 0 Å². The average Bonchev–Trinajstić information content (AvgIpc) is 3.02. The van der Waals surface area contributed by atoms with Crippen LogP contribution in [0.5, 0.6) is 0 Å². The van der Waals surface area contributed by atoms with Gasteiger partial charge in [-0.25, -0.2) is 4.68 Å². The maximum atomic E-state index is 11.0. The van der Waals surface area contributed by atoms with E-state index in [0.717, 1.165) is 4.96 Å². The number of aliphatic hydroxyl groups excluding tert-OH is 1. The summed E-state index contributed by atoms with van der Waals surface area (Å²) >= 11 is 1.45. The molecule has 0 saturated heterocycles. The Bertz CT molecular complexity index is 726. The van der Waals surface area contributed by atoms with Crippen molar-refractivity contribution in [2.24, 2.45) is 5.73 Å².